The highest BCUT2D eigenvalue weighted by Gasteiger charge is 2.07. The molecule has 0 fully saturated rings. The highest BCUT2D eigenvalue weighted by molar-refractivity contribution is 5.89. The molecule has 2 amide bonds. The molecular formula is C12H20N4O2. The van der Waals surface area contributed by atoms with Gasteiger partial charge in [-0.15, -0.1) is 0 Å². The zero-order valence-electron chi connectivity index (χ0n) is 11.0. The molecule has 1 heterocycles. The Balaban J connectivity index is 2.49. The quantitative estimate of drug-likeness (QED) is 0.731. The molecule has 100 valence electrons. The van der Waals surface area contributed by atoms with Crippen LogP contribution in [0.5, 0.6) is 0 Å². The molecule has 1 aromatic heterocycles. The number of aliphatic hydroxyl groups is 1. The molecular weight excluding hydrogens is 232 g/mol. The summed E-state index contributed by atoms with van der Waals surface area (Å²) < 4.78 is 0. The lowest BCUT2D eigenvalue weighted by molar-refractivity contribution is 0.241. The molecule has 1 aromatic rings. The summed E-state index contributed by atoms with van der Waals surface area (Å²) in [5.74, 6) is 0.828. The number of hydrogen-bond acceptors (Lipinski definition) is 4. The summed E-state index contributed by atoms with van der Waals surface area (Å²) in [4.78, 5) is 17.6. The Hall–Kier alpha value is -1.82. The summed E-state index contributed by atoms with van der Waals surface area (Å²) in [5, 5.41) is 14.1. The average Bonchev–Trinajstić information content (AvgIpc) is 2.29. The Labute approximate surface area is 107 Å². The van der Waals surface area contributed by atoms with Crippen LogP contribution in [0.15, 0.2) is 18.3 Å². The van der Waals surface area contributed by atoms with Crippen LogP contribution >= 0.6 is 0 Å². The van der Waals surface area contributed by atoms with Crippen molar-refractivity contribution in [2.24, 2.45) is 0 Å². The van der Waals surface area contributed by atoms with Crippen molar-refractivity contribution in [3.05, 3.63) is 18.3 Å². The van der Waals surface area contributed by atoms with Crippen LogP contribution in [0.3, 0.4) is 0 Å². The number of aliphatic hydroxyl groups excluding tert-OH is 1. The number of urea groups is 1. The molecule has 18 heavy (non-hydrogen) atoms. The van der Waals surface area contributed by atoms with Gasteiger partial charge in [0.15, 0.2) is 0 Å². The first-order valence-electron chi connectivity index (χ1n) is 5.84. The van der Waals surface area contributed by atoms with Crippen LogP contribution in [0.4, 0.5) is 16.3 Å². The van der Waals surface area contributed by atoms with Gasteiger partial charge in [0.25, 0.3) is 0 Å². The average molecular weight is 252 g/mol. The molecule has 0 saturated carbocycles. The first kappa shape index (κ1) is 14.2. The summed E-state index contributed by atoms with van der Waals surface area (Å²) >= 11 is 0. The SMILES string of the molecule is C[C@H](CCO)NC(=O)Nc1ccc(N(C)C)nc1. The van der Waals surface area contributed by atoms with Crippen LogP contribution in [0.1, 0.15) is 13.3 Å². The van der Waals surface area contributed by atoms with E-state index in [-0.39, 0.29) is 18.7 Å². The van der Waals surface area contributed by atoms with E-state index in [9.17, 15) is 4.79 Å². The molecule has 3 N–H and O–H groups in total. The normalized spacial score (nSPS) is 11.8. The van der Waals surface area contributed by atoms with Gasteiger partial charge in [0.05, 0.1) is 11.9 Å². The highest BCUT2D eigenvalue weighted by atomic mass is 16.3. The molecule has 0 aliphatic heterocycles. The zero-order chi connectivity index (χ0) is 13.5. The van der Waals surface area contributed by atoms with E-state index in [1.165, 1.54) is 0 Å². The standard InChI is InChI=1S/C12H20N4O2/c1-9(6-7-17)14-12(18)15-10-4-5-11(13-8-10)16(2)3/h4-5,8-9,17H,6-7H2,1-3H3,(H2,14,15,18)/t9-/m1/s1. The third kappa shape index (κ3) is 4.58. The van der Waals surface area contributed by atoms with E-state index in [1.807, 2.05) is 32.0 Å². The van der Waals surface area contributed by atoms with Crippen LogP contribution in [-0.4, -0.2) is 42.9 Å². The lowest BCUT2D eigenvalue weighted by Gasteiger charge is -2.14. The fourth-order valence-electron chi connectivity index (χ4n) is 1.38. The van der Waals surface area contributed by atoms with E-state index < -0.39 is 0 Å². The predicted octanol–water partition coefficient (Wildman–Crippen LogP) is 1.04. The van der Waals surface area contributed by atoms with Crippen LogP contribution in [0.25, 0.3) is 0 Å². The minimum atomic E-state index is -0.296. The number of amides is 2. The molecule has 0 unspecified atom stereocenters. The molecule has 0 radical (unpaired) electrons. The highest BCUT2D eigenvalue weighted by Crippen LogP contribution is 2.11. The number of hydrogen-bond donors (Lipinski definition) is 3. The van der Waals surface area contributed by atoms with Crippen LogP contribution < -0.4 is 15.5 Å². The van der Waals surface area contributed by atoms with E-state index in [0.717, 1.165) is 5.82 Å². The van der Waals surface area contributed by atoms with Gasteiger partial charge in [0, 0.05) is 26.7 Å². The van der Waals surface area contributed by atoms with Crippen molar-refractivity contribution in [1.82, 2.24) is 10.3 Å². The van der Waals surface area contributed by atoms with Gasteiger partial charge in [0.2, 0.25) is 0 Å². The fraction of sp³-hybridized carbons (Fsp3) is 0.500. The second-order valence-corrected chi connectivity index (χ2v) is 4.31. The summed E-state index contributed by atoms with van der Waals surface area (Å²) in [6.45, 7) is 1.89. The number of rotatable bonds is 5. The van der Waals surface area contributed by atoms with Gasteiger partial charge in [0.1, 0.15) is 5.82 Å². The van der Waals surface area contributed by atoms with Crippen molar-refractivity contribution in [3.63, 3.8) is 0 Å². The minimum absolute atomic E-state index is 0.0561. The second kappa shape index (κ2) is 6.80. The number of pyridine rings is 1. The van der Waals surface area contributed by atoms with Crippen molar-refractivity contribution in [3.8, 4) is 0 Å². The summed E-state index contributed by atoms with van der Waals surface area (Å²) in [6, 6.07) is 3.25. The van der Waals surface area contributed by atoms with Crippen molar-refractivity contribution in [1.29, 1.82) is 0 Å². The molecule has 1 rings (SSSR count). The molecule has 6 heteroatoms. The van der Waals surface area contributed by atoms with Gasteiger partial charge in [-0.25, -0.2) is 9.78 Å². The lowest BCUT2D eigenvalue weighted by Crippen LogP contribution is -2.36. The van der Waals surface area contributed by atoms with Crippen molar-refractivity contribution < 1.29 is 9.90 Å². The van der Waals surface area contributed by atoms with Gasteiger partial charge in [-0.3, -0.25) is 0 Å². The van der Waals surface area contributed by atoms with Crippen LogP contribution in [0, 0.1) is 0 Å². The van der Waals surface area contributed by atoms with Gasteiger partial charge in [-0.05, 0) is 25.5 Å². The molecule has 1 atom stereocenters. The minimum Gasteiger partial charge on any atom is -0.396 e. The Morgan fingerprint density at radius 1 is 1.50 bits per heavy atom. The molecule has 0 aliphatic carbocycles. The predicted molar refractivity (Wildman–Crippen MR) is 71.9 cm³/mol. The summed E-state index contributed by atoms with van der Waals surface area (Å²) in [5.41, 5.74) is 0.634. The number of nitrogens with one attached hydrogen (secondary N) is 2. The maximum absolute atomic E-state index is 11.6. The summed E-state index contributed by atoms with van der Waals surface area (Å²) in [7, 11) is 3.80. The monoisotopic (exact) mass is 252 g/mol. The summed E-state index contributed by atoms with van der Waals surface area (Å²) in [6.07, 6.45) is 2.14. The van der Waals surface area contributed by atoms with E-state index in [4.69, 9.17) is 5.11 Å². The number of carbonyl (C=O) groups excluding carboxylic acids is 1. The molecule has 0 bridgehead atoms. The van der Waals surface area contributed by atoms with Crippen LogP contribution in [-0.2, 0) is 0 Å². The van der Waals surface area contributed by atoms with Gasteiger partial charge in [-0.2, -0.15) is 0 Å². The van der Waals surface area contributed by atoms with Gasteiger partial charge < -0.3 is 20.6 Å². The largest absolute Gasteiger partial charge is 0.396 e. The molecule has 0 saturated heterocycles. The Morgan fingerprint density at radius 2 is 2.22 bits per heavy atom. The van der Waals surface area contributed by atoms with E-state index in [1.54, 1.807) is 12.3 Å². The van der Waals surface area contributed by atoms with Crippen molar-refractivity contribution in [2.45, 2.75) is 19.4 Å². The number of anilines is 2. The third-order valence-electron chi connectivity index (χ3n) is 2.40. The Morgan fingerprint density at radius 3 is 2.72 bits per heavy atom. The number of aromatic nitrogens is 1. The van der Waals surface area contributed by atoms with Crippen molar-refractivity contribution in [2.75, 3.05) is 30.9 Å². The van der Waals surface area contributed by atoms with Crippen molar-refractivity contribution >= 4 is 17.5 Å². The maximum Gasteiger partial charge on any atom is 0.319 e. The molecule has 6 nitrogen and oxygen atoms in total. The van der Waals surface area contributed by atoms with Gasteiger partial charge >= 0.3 is 6.03 Å². The maximum atomic E-state index is 11.6. The van der Waals surface area contributed by atoms with Crippen LogP contribution in [0.2, 0.25) is 0 Å². The van der Waals surface area contributed by atoms with Gasteiger partial charge in [-0.1, -0.05) is 0 Å². The Kier molecular flexibility index (Phi) is 5.38. The smallest absolute Gasteiger partial charge is 0.319 e. The molecule has 0 aromatic carbocycles. The lowest BCUT2D eigenvalue weighted by atomic mass is 10.2. The molecule has 0 spiro atoms. The van der Waals surface area contributed by atoms with E-state index >= 15 is 0 Å². The second-order valence-electron chi connectivity index (χ2n) is 4.31. The zero-order valence-corrected chi connectivity index (χ0v) is 11.0. The van der Waals surface area contributed by atoms with E-state index in [2.05, 4.69) is 15.6 Å². The van der Waals surface area contributed by atoms with E-state index in [0.29, 0.717) is 12.1 Å². The first-order valence-corrected chi connectivity index (χ1v) is 5.84. The fourth-order valence-corrected chi connectivity index (χ4v) is 1.38. The topological polar surface area (TPSA) is 77.5 Å². The number of nitrogens with zero attached hydrogens (tertiary/aromatic N) is 2. The first-order chi connectivity index (χ1) is 8.52. The Bertz CT molecular complexity index is 378. The molecule has 0 aliphatic rings. The third-order valence-corrected chi connectivity index (χ3v) is 2.40. The number of carbonyl (C=O) groups is 1.